The minimum Gasteiger partial charge on any atom is -0.508 e. The van der Waals surface area contributed by atoms with Crippen molar-refractivity contribution in [1.29, 1.82) is 0 Å². The molecule has 0 unspecified atom stereocenters. The highest BCUT2D eigenvalue weighted by atomic mass is 16.3. The van der Waals surface area contributed by atoms with E-state index in [1.54, 1.807) is 24.3 Å². The molecule has 4 N–H and O–H groups in total. The number of rotatable bonds is 7. The summed E-state index contributed by atoms with van der Waals surface area (Å²) >= 11 is 0. The Morgan fingerprint density at radius 2 is 1.00 bits per heavy atom. The summed E-state index contributed by atoms with van der Waals surface area (Å²) in [4.78, 5) is 0. The van der Waals surface area contributed by atoms with Gasteiger partial charge in [0.05, 0.1) is 0 Å². The first kappa shape index (κ1) is 19.0. The van der Waals surface area contributed by atoms with Crippen LogP contribution in [0.1, 0.15) is 57.6 Å². The van der Waals surface area contributed by atoms with Crippen molar-refractivity contribution in [3.63, 3.8) is 0 Å². The van der Waals surface area contributed by atoms with Crippen LogP contribution in [0.2, 0.25) is 0 Å². The Morgan fingerprint density at radius 3 is 1.28 bits per heavy atom. The van der Waals surface area contributed by atoms with E-state index in [4.69, 9.17) is 0 Å². The topological polar surface area (TPSA) is 80.9 Å². The molecule has 0 saturated carbocycles. The molecule has 0 aliphatic rings. The predicted octanol–water partition coefficient (Wildman–Crippen LogP) is 5.03. The monoisotopic (exact) mass is 344 g/mol. The summed E-state index contributed by atoms with van der Waals surface area (Å²) in [6, 6.07) is 9.22. The molecule has 2 rings (SSSR count). The molecule has 0 aromatic heterocycles. The second-order valence-corrected chi connectivity index (χ2v) is 6.95. The van der Waals surface area contributed by atoms with E-state index in [0.29, 0.717) is 0 Å². The smallest absolute Gasteiger partial charge is 0.119 e. The normalized spacial score (nSPS) is 11.8. The molecule has 4 nitrogen and oxygen atoms in total. The van der Waals surface area contributed by atoms with Gasteiger partial charge in [0.15, 0.2) is 0 Å². The van der Waals surface area contributed by atoms with Crippen LogP contribution in [-0.2, 0) is 5.41 Å². The molecule has 0 atom stereocenters. The van der Waals surface area contributed by atoms with E-state index in [9.17, 15) is 20.4 Å². The predicted molar refractivity (Wildman–Crippen MR) is 99.3 cm³/mol. The number of phenolic OH excluding ortho intramolecular Hbond substituents is 4. The van der Waals surface area contributed by atoms with Gasteiger partial charge in [-0.3, -0.25) is 0 Å². The molecule has 0 saturated heterocycles. The van der Waals surface area contributed by atoms with Crippen molar-refractivity contribution in [3.05, 3.63) is 47.5 Å². The van der Waals surface area contributed by atoms with Gasteiger partial charge in [-0.05, 0) is 54.2 Å². The first-order valence-corrected chi connectivity index (χ1v) is 8.88. The van der Waals surface area contributed by atoms with Crippen molar-refractivity contribution in [2.24, 2.45) is 5.92 Å². The van der Waals surface area contributed by atoms with Gasteiger partial charge in [0.1, 0.15) is 23.0 Å². The number of benzene rings is 2. The zero-order chi connectivity index (χ0) is 18.6. The first-order valence-electron chi connectivity index (χ1n) is 8.88. The largest absolute Gasteiger partial charge is 0.508 e. The van der Waals surface area contributed by atoms with Crippen LogP contribution in [0.4, 0.5) is 0 Å². The van der Waals surface area contributed by atoms with Crippen LogP contribution in [0.5, 0.6) is 23.0 Å². The lowest BCUT2D eigenvalue weighted by Gasteiger charge is -2.39. The van der Waals surface area contributed by atoms with Gasteiger partial charge in [-0.1, -0.05) is 33.6 Å². The van der Waals surface area contributed by atoms with Crippen molar-refractivity contribution < 1.29 is 20.4 Å². The lowest BCUT2D eigenvalue weighted by Crippen LogP contribution is -2.33. The zero-order valence-electron chi connectivity index (χ0n) is 15.2. The van der Waals surface area contributed by atoms with E-state index in [0.717, 1.165) is 36.8 Å². The molecule has 0 spiro atoms. The van der Waals surface area contributed by atoms with Gasteiger partial charge >= 0.3 is 0 Å². The molecular formula is C21H28O4. The Balaban J connectivity index is 2.72. The summed E-state index contributed by atoms with van der Waals surface area (Å²) in [6.07, 6.45) is 3.90. The molecule has 136 valence electrons. The Labute approximate surface area is 149 Å². The molecule has 2 aromatic carbocycles. The van der Waals surface area contributed by atoms with Crippen molar-refractivity contribution >= 4 is 0 Å². The average molecular weight is 344 g/mol. The fourth-order valence-electron chi connectivity index (χ4n) is 3.85. The molecule has 25 heavy (non-hydrogen) atoms. The Hall–Kier alpha value is -2.36. The van der Waals surface area contributed by atoms with E-state index >= 15 is 0 Å². The summed E-state index contributed by atoms with van der Waals surface area (Å²) in [7, 11) is 0. The third-order valence-corrected chi connectivity index (χ3v) is 5.10. The van der Waals surface area contributed by atoms with Crippen molar-refractivity contribution in [2.45, 2.75) is 51.9 Å². The standard InChI is InChI=1S/C21H28O4/c1-4-6-14(7-5-2)21(3,15-8-17(22)12-18(23)9-15)16-10-19(24)13-20(25)11-16/h8-14,22-25H,4-7H2,1-3H3. The Bertz CT molecular complexity index is 626. The quantitative estimate of drug-likeness (QED) is 0.568. The fourth-order valence-corrected chi connectivity index (χ4v) is 3.85. The zero-order valence-corrected chi connectivity index (χ0v) is 15.2. The fraction of sp³-hybridized carbons (Fsp3) is 0.429. The Kier molecular flexibility index (Phi) is 5.83. The molecular weight excluding hydrogens is 316 g/mol. The molecule has 4 heteroatoms. The minimum atomic E-state index is -0.571. The lowest BCUT2D eigenvalue weighted by atomic mass is 9.64. The van der Waals surface area contributed by atoms with Crippen LogP contribution in [0.15, 0.2) is 36.4 Å². The summed E-state index contributed by atoms with van der Waals surface area (Å²) in [5.41, 5.74) is 0.960. The maximum absolute atomic E-state index is 10.00. The number of phenols is 4. The molecule has 2 aromatic rings. The van der Waals surface area contributed by atoms with Crippen molar-refractivity contribution in [2.75, 3.05) is 0 Å². The SMILES string of the molecule is CCCC(CCC)C(C)(c1cc(O)cc(O)c1)c1cc(O)cc(O)c1. The Morgan fingerprint density at radius 1 is 0.680 bits per heavy atom. The molecule has 0 aliphatic heterocycles. The molecule has 0 fully saturated rings. The summed E-state index contributed by atoms with van der Waals surface area (Å²) < 4.78 is 0. The van der Waals surface area contributed by atoms with Crippen LogP contribution in [0.3, 0.4) is 0 Å². The van der Waals surface area contributed by atoms with E-state index in [1.807, 2.05) is 6.92 Å². The molecule has 0 amide bonds. The van der Waals surface area contributed by atoms with E-state index < -0.39 is 5.41 Å². The van der Waals surface area contributed by atoms with Gasteiger partial charge in [-0.25, -0.2) is 0 Å². The third kappa shape index (κ3) is 4.01. The molecule has 0 heterocycles. The van der Waals surface area contributed by atoms with E-state index in [1.165, 1.54) is 12.1 Å². The maximum Gasteiger partial charge on any atom is 0.119 e. The van der Waals surface area contributed by atoms with Gasteiger partial charge in [0, 0.05) is 17.5 Å². The second kappa shape index (κ2) is 7.68. The highest BCUT2D eigenvalue weighted by Gasteiger charge is 2.38. The van der Waals surface area contributed by atoms with Gasteiger partial charge in [-0.15, -0.1) is 0 Å². The van der Waals surface area contributed by atoms with Crippen LogP contribution < -0.4 is 0 Å². The average Bonchev–Trinajstić information content (AvgIpc) is 2.52. The van der Waals surface area contributed by atoms with Crippen LogP contribution >= 0.6 is 0 Å². The van der Waals surface area contributed by atoms with Gasteiger partial charge in [0.2, 0.25) is 0 Å². The van der Waals surface area contributed by atoms with Crippen molar-refractivity contribution in [3.8, 4) is 23.0 Å². The number of hydrogen-bond acceptors (Lipinski definition) is 4. The maximum atomic E-state index is 10.00. The molecule has 0 aliphatic carbocycles. The minimum absolute atomic E-state index is 0.00246. The molecule has 0 radical (unpaired) electrons. The second-order valence-electron chi connectivity index (χ2n) is 6.95. The molecule has 0 bridgehead atoms. The number of hydrogen-bond donors (Lipinski definition) is 4. The van der Waals surface area contributed by atoms with E-state index in [2.05, 4.69) is 13.8 Å². The summed E-state index contributed by atoms with van der Waals surface area (Å²) in [6.45, 7) is 6.30. The van der Waals surface area contributed by atoms with Crippen LogP contribution in [0, 0.1) is 5.92 Å². The van der Waals surface area contributed by atoms with Gasteiger partial charge in [0.25, 0.3) is 0 Å². The highest BCUT2D eigenvalue weighted by molar-refractivity contribution is 5.50. The lowest BCUT2D eigenvalue weighted by molar-refractivity contribution is 0.294. The first-order chi connectivity index (χ1) is 11.8. The summed E-state index contributed by atoms with van der Waals surface area (Å²) in [5.74, 6) is 0.217. The number of aromatic hydroxyl groups is 4. The summed E-state index contributed by atoms with van der Waals surface area (Å²) in [5, 5.41) is 40.0. The highest BCUT2D eigenvalue weighted by Crippen LogP contribution is 2.46. The van der Waals surface area contributed by atoms with Crippen LogP contribution in [-0.4, -0.2) is 20.4 Å². The third-order valence-electron chi connectivity index (χ3n) is 5.10. The van der Waals surface area contributed by atoms with Crippen LogP contribution in [0.25, 0.3) is 0 Å². The van der Waals surface area contributed by atoms with E-state index in [-0.39, 0.29) is 28.9 Å². The van der Waals surface area contributed by atoms with Gasteiger partial charge in [-0.2, -0.15) is 0 Å². The van der Waals surface area contributed by atoms with Crippen molar-refractivity contribution in [1.82, 2.24) is 0 Å². The van der Waals surface area contributed by atoms with Gasteiger partial charge < -0.3 is 20.4 Å².